The number of Topliss-reactive ketones (excluding diaryl/α,β-unsaturated/α-hetero) is 1. The monoisotopic (exact) mass is 312 g/mol. The average Bonchev–Trinajstić information content (AvgIpc) is 3.03. The number of hydrogen-bond donors (Lipinski definition) is 0. The predicted octanol–water partition coefficient (Wildman–Crippen LogP) is 3.66. The van der Waals surface area contributed by atoms with Crippen LogP contribution < -0.4 is 4.74 Å². The second-order valence-corrected chi connectivity index (χ2v) is 4.89. The number of hydrogen-bond acceptors (Lipinski definition) is 5. The maximum atomic E-state index is 12.9. The molecule has 0 aliphatic heterocycles. The topological polar surface area (TPSA) is 65.2 Å². The Morgan fingerprint density at radius 2 is 1.83 bits per heavy atom. The first-order valence-electron chi connectivity index (χ1n) is 6.94. The number of ether oxygens (including phenoxy) is 1. The second-order valence-electron chi connectivity index (χ2n) is 4.89. The van der Waals surface area contributed by atoms with Crippen LogP contribution >= 0.6 is 0 Å². The van der Waals surface area contributed by atoms with E-state index in [1.807, 2.05) is 0 Å². The van der Waals surface area contributed by atoms with Gasteiger partial charge in [-0.1, -0.05) is 5.16 Å². The van der Waals surface area contributed by atoms with Crippen molar-refractivity contribution in [2.45, 2.75) is 13.5 Å². The minimum Gasteiger partial charge on any atom is -0.485 e. The number of nitrogens with zero attached hydrogens (tertiary/aromatic N) is 2. The Hall–Kier alpha value is -3.02. The number of benzene rings is 2. The number of rotatable bonds is 5. The van der Waals surface area contributed by atoms with Gasteiger partial charge >= 0.3 is 0 Å². The number of halogens is 1. The molecule has 1 aromatic heterocycles. The largest absolute Gasteiger partial charge is 0.485 e. The lowest BCUT2D eigenvalue weighted by Gasteiger charge is -2.03. The molecular formula is C17H13FN2O3. The summed E-state index contributed by atoms with van der Waals surface area (Å²) in [5, 5.41) is 3.82. The summed E-state index contributed by atoms with van der Waals surface area (Å²) in [6.45, 7) is 1.64. The summed E-state index contributed by atoms with van der Waals surface area (Å²) >= 11 is 0. The molecule has 0 N–H and O–H groups in total. The van der Waals surface area contributed by atoms with E-state index in [0.29, 0.717) is 28.6 Å². The molecule has 5 nitrogen and oxygen atoms in total. The van der Waals surface area contributed by atoms with Crippen LogP contribution in [-0.2, 0) is 6.61 Å². The van der Waals surface area contributed by atoms with Gasteiger partial charge in [-0.25, -0.2) is 4.39 Å². The molecule has 0 amide bonds. The van der Waals surface area contributed by atoms with Crippen LogP contribution in [0.4, 0.5) is 4.39 Å². The number of aromatic nitrogens is 2. The summed E-state index contributed by atoms with van der Waals surface area (Å²) in [5.74, 6) is 0.947. The summed E-state index contributed by atoms with van der Waals surface area (Å²) in [6, 6.07) is 12.6. The van der Waals surface area contributed by atoms with Gasteiger partial charge in [0.05, 0.1) is 0 Å². The predicted molar refractivity (Wildman–Crippen MR) is 80.5 cm³/mol. The van der Waals surface area contributed by atoms with Crippen molar-refractivity contribution >= 4 is 5.78 Å². The van der Waals surface area contributed by atoms with Crippen molar-refractivity contribution in [2.75, 3.05) is 0 Å². The molecule has 116 valence electrons. The van der Waals surface area contributed by atoms with Gasteiger partial charge in [0.2, 0.25) is 5.82 Å². The minimum atomic E-state index is -0.328. The van der Waals surface area contributed by atoms with E-state index in [4.69, 9.17) is 9.26 Å². The number of carbonyl (C=O) groups excluding carboxylic acids is 1. The normalized spacial score (nSPS) is 10.5. The van der Waals surface area contributed by atoms with Crippen LogP contribution in [0.15, 0.2) is 53.1 Å². The molecule has 1 heterocycles. The molecule has 0 radical (unpaired) electrons. The Morgan fingerprint density at radius 3 is 2.48 bits per heavy atom. The van der Waals surface area contributed by atoms with Crippen molar-refractivity contribution in [1.29, 1.82) is 0 Å². The van der Waals surface area contributed by atoms with E-state index < -0.39 is 0 Å². The van der Waals surface area contributed by atoms with Gasteiger partial charge in [0, 0.05) is 11.1 Å². The zero-order chi connectivity index (χ0) is 16.2. The van der Waals surface area contributed by atoms with Crippen LogP contribution in [0.25, 0.3) is 11.5 Å². The van der Waals surface area contributed by atoms with Crippen molar-refractivity contribution < 1.29 is 18.4 Å². The van der Waals surface area contributed by atoms with Gasteiger partial charge < -0.3 is 9.26 Å². The van der Waals surface area contributed by atoms with Crippen LogP contribution in [0.5, 0.6) is 5.75 Å². The van der Waals surface area contributed by atoms with Crippen molar-refractivity contribution in [3.63, 3.8) is 0 Å². The molecule has 0 bridgehead atoms. The van der Waals surface area contributed by atoms with E-state index >= 15 is 0 Å². The summed E-state index contributed by atoms with van der Waals surface area (Å²) in [4.78, 5) is 15.4. The fourth-order valence-electron chi connectivity index (χ4n) is 1.96. The first-order chi connectivity index (χ1) is 11.1. The smallest absolute Gasteiger partial charge is 0.258 e. The van der Waals surface area contributed by atoms with Gasteiger partial charge in [0.25, 0.3) is 5.89 Å². The first kappa shape index (κ1) is 14.9. The first-order valence-corrected chi connectivity index (χ1v) is 6.94. The van der Waals surface area contributed by atoms with Crippen LogP contribution in [-0.4, -0.2) is 15.9 Å². The molecule has 3 rings (SSSR count). The zero-order valence-electron chi connectivity index (χ0n) is 12.3. The van der Waals surface area contributed by atoms with Crippen LogP contribution in [0.1, 0.15) is 23.1 Å². The number of carbonyl (C=O) groups is 1. The maximum absolute atomic E-state index is 12.9. The van der Waals surface area contributed by atoms with E-state index in [0.717, 1.165) is 0 Å². The van der Waals surface area contributed by atoms with Gasteiger partial charge in [-0.2, -0.15) is 4.98 Å². The Bertz CT molecular complexity index is 811. The summed E-state index contributed by atoms with van der Waals surface area (Å²) in [7, 11) is 0. The van der Waals surface area contributed by atoms with Crippen LogP contribution in [0.3, 0.4) is 0 Å². The Kier molecular flexibility index (Phi) is 4.14. The maximum Gasteiger partial charge on any atom is 0.258 e. The molecule has 0 fully saturated rings. The van der Waals surface area contributed by atoms with Crippen LogP contribution in [0, 0.1) is 5.82 Å². The van der Waals surface area contributed by atoms with Gasteiger partial charge in [-0.3, -0.25) is 4.79 Å². The molecule has 3 aromatic rings. The summed E-state index contributed by atoms with van der Waals surface area (Å²) in [5.41, 5.74) is 1.26. The highest BCUT2D eigenvalue weighted by Crippen LogP contribution is 2.18. The quantitative estimate of drug-likeness (QED) is 0.673. The van der Waals surface area contributed by atoms with E-state index in [1.54, 1.807) is 36.4 Å². The molecule has 0 aliphatic rings. The fraction of sp³-hybridized carbons (Fsp3) is 0.118. The van der Waals surface area contributed by atoms with E-state index in [9.17, 15) is 9.18 Å². The highest BCUT2D eigenvalue weighted by molar-refractivity contribution is 5.94. The molecule has 0 aliphatic carbocycles. The van der Waals surface area contributed by atoms with Crippen molar-refractivity contribution in [2.24, 2.45) is 0 Å². The lowest BCUT2D eigenvalue weighted by atomic mass is 10.1. The van der Waals surface area contributed by atoms with Gasteiger partial charge in [0.1, 0.15) is 11.6 Å². The van der Waals surface area contributed by atoms with Crippen molar-refractivity contribution in [3.8, 4) is 17.2 Å². The lowest BCUT2D eigenvalue weighted by molar-refractivity contribution is 0.101. The Labute approximate surface area is 131 Å². The Balaban J connectivity index is 1.65. The molecule has 0 unspecified atom stereocenters. The summed E-state index contributed by atoms with van der Waals surface area (Å²) < 4.78 is 23.5. The molecule has 6 heteroatoms. The van der Waals surface area contributed by atoms with Gasteiger partial charge in [-0.15, -0.1) is 0 Å². The number of ketones is 1. The Morgan fingerprint density at radius 1 is 1.13 bits per heavy atom. The average molecular weight is 312 g/mol. The van der Waals surface area contributed by atoms with E-state index in [1.165, 1.54) is 19.1 Å². The third-order valence-corrected chi connectivity index (χ3v) is 3.19. The highest BCUT2D eigenvalue weighted by Gasteiger charge is 2.09. The van der Waals surface area contributed by atoms with E-state index in [2.05, 4.69) is 10.1 Å². The molecule has 0 atom stereocenters. The third kappa shape index (κ3) is 3.60. The SMILES string of the molecule is CC(=O)c1ccc(OCc2noc(-c3ccc(F)cc3)n2)cc1. The second kappa shape index (κ2) is 6.39. The molecule has 0 spiro atoms. The van der Waals surface area contributed by atoms with Crippen molar-refractivity contribution in [1.82, 2.24) is 10.1 Å². The van der Waals surface area contributed by atoms with E-state index in [-0.39, 0.29) is 18.2 Å². The molecule has 0 saturated heterocycles. The lowest BCUT2D eigenvalue weighted by Crippen LogP contribution is -1.98. The van der Waals surface area contributed by atoms with Gasteiger partial charge in [0.15, 0.2) is 12.4 Å². The molecular weight excluding hydrogens is 299 g/mol. The molecule has 0 saturated carbocycles. The fourth-order valence-corrected chi connectivity index (χ4v) is 1.96. The van der Waals surface area contributed by atoms with Crippen molar-refractivity contribution in [3.05, 3.63) is 65.7 Å². The minimum absolute atomic E-state index is 0.00124. The highest BCUT2D eigenvalue weighted by atomic mass is 19.1. The summed E-state index contributed by atoms with van der Waals surface area (Å²) in [6.07, 6.45) is 0. The standard InChI is InChI=1S/C17H13FN2O3/c1-11(21)12-4-8-15(9-5-12)22-10-16-19-17(23-20-16)13-2-6-14(18)7-3-13/h2-9H,10H2,1H3. The van der Waals surface area contributed by atoms with Gasteiger partial charge in [-0.05, 0) is 55.5 Å². The molecule has 23 heavy (non-hydrogen) atoms. The van der Waals surface area contributed by atoms with Crippen LogP contribution in [0.2, 0.25) is 0 Å². The third-order valence-electron chi connectivity index (χ3n) is 3.19. The molecule has 2 aromatic carbocycles. The zero-order valence-corrected chi connectivity index (χ0v) is 12.3.